The first-order valence-corrected chi connectivity index (χ1v) is 5.88. The van der Waals surface area contributed by atoms with Crippen LogP contribution < -0.4 is 0 Å². The van der Waals surface area contributed by atoms with Crippen molar-refractivity contribution in [2.24, 2.45) is 0 Å². The molecule has 0 spiro atoms. The molecule has 0 radical (unpaired) electrons. The van der Waals surface area contributed by atoms with E-state index in [0.29, 0.717) is 6.61 Å². The van der Waals surface area contributed by atoms with Crippen LogP contribution in [0.5, 0.6) is 0 Å². The molecule has 0 bridgehead atoms. The molecule has 0 aliphatic carbocycles. The molecule has 0 heterocycles. The zero-order valence-corrected chi connectivity index (χ0v) is 10.3. The van der Waals surface area contributed by atoms with Crippen LogP contribution in [0, 0.1) is 0 Å². The summed E-state index contributed by atoms with van der Waals surface area (Å²) in [4.78, 5) is 12.0. The Hall–Kier alpha value is -1.31. The summed E-state index contributed by atoms with van der Waals surface area (Å²) in [6.45, 7) is 6.46. The molecule has 0 saturated carbocycles. The van der Waals surface area contributed by atoms with Crippen molar-refractivity contribution in [3.63, 3.8) is 0 Å². The van der Waals surface area contributed by atoms with Crippen molar-refractivity contribution in [2.45, 2.75) is 39.0 Å². The molecule has 0 saturated heterocycles. The molecule has 1 rings (SSSR count). The van der Waals surface area contributed by atoms with Gasteiger partial charge in [-0.05, 0) is 25.3 Å². The van der Waals surface area contributed by atoms with Crippen molar-refractivity contribution < 1.29 is 9.53 Å². The summed E-state index contributed by atoms with van der Waals surface area (Å²) in [5.74, 6) is -0.122. The summed E-state index contributed by atoms with van der Waals surface area (Å²) in [5, 5.41) is 0. The lowest BCUT2D eigenvalue weighted by Gasteiger charge is -2.26. The van der Waals surface area contributed by atoms with E-state index >= 15 is 0 Å². The van der Waals surface area contributed by atoms with Crippen LogP contribution in [-0.4, -0.2) is 12.6 Å². The number of carbonyl (C=O) groups excluding carboxylic acids is 1. The normalized spacial score (nSPS) is 14.2. The molecule has 0 N–H and O–H groups in total. The Labute approximate surface area is 97.6 Å². The van der Waals surface area contributed by atoms with Crippen LogP contribution in [0.3, 0.4) is 0 Å². The Balaban J connectivity index is 2.89. The predicted molar refractivity (Wildman–Crippen MR) is 65.3 cm³/mol. The van der Waals surface area contributed by atoms with Crippen LogP contribution >= 0.6 is 0 Å². The smallest absolute Gasteiger partial charge is 0.316 e. The molecule has 0 fully saturated rings. The molecule has 1 unspecified atom stereocenters. The number of hydrogen-bond donors (Lipinski definition) is 0. The van der Waals surface area contributed by atoms with Gasteiger partial charge in [-0.2, -0.15) is 0 Å². The molecular formula is C14H20O2. The highest BCUT2D eigenvalue weighted by atomic mass is 16.5. The standard InChI is InChI=1S/C14H20O2/c1-4-11-16-13(15)14(3,5-2)12-9-7-6-8-10-12/h6-10H,4-5,11H2,1-3H3. The molecule has 0 aliphatic heterocycles. The lowest BCUT2D eigenvalue weighted by atomic mass is 9.80. The first-order valence-electron chi connectivity index (χ1n) is 5.88. The third-order valence-electron chi connectivity index (χ3n) is 3.01. The minimum atomic E-state index is -0.517. The molecule has 0 aliphatic rings. The van der Waals surface area contributed by atoms with Crippen molar-refractivity contribution in [3.8, 4) is 0 Å². The van der Waals surface area contributed by atoms with E-state index in [2.05, 4.69) is 0 Å². The fourth-order valence-electron chi connectivity index (χ4n) is 1.63. The zero-order valence-electron chi connectivity index (χ0n) is 10.3. The van der Waals surface area contributed by atoms with Gasteiger partial charge in [-0.25, -0.2) is 0 Å². The molecule has 2 heteroatoms. The van der Waals surface area contributed by atoms with Gasteiger partial charge in [-0.3, -0.25) is 4.79 Å². The molecule has 1 aromatic rings. The number of ether oxygens (including phenoxy) is 1. The van der Waals surface area contributed by atoms with Crippen LogP contribution in [0.2, 0.25) is 0 Å². The molecule has 1 aromatic carbocycles. The number of carbonyl (C=O) groups is 1. The quantitative estimate of drug-likeness (QED) is 0.712. The van der Waals surface area contributed by atoms with Crippen LogP contribution in [0.25, 0.3) is 0 Å². The molecule has 0 amide bonds. The maximum atomic E-state index is 12.0. The Morgan fingerprint density at radius 1 is 1.25 bits per heavy atom. The van der Waals surface area contributed by atoms with E-state index in [1.807, 2.05) is 51.1 Å². The summed E-state index contributed by atoms with van der Waals surface area (Å²) >= 11 is 0. The van der Waals surface area contributed by atoms with Crippen molar-refractivity contribution in [1.82, 2.24) is 0 Å². The van der Waals surface area contributed by atoms with E-state index in [9.17, 15) is 4.79 Å². The van der Waals surface area contributed by atoms with E-state index in [1.54, 1.807) is 0 Å². The van der Waals surface area contributed by atoms with Crippen LogP contribution in [0.15, 0.2) is 30.3 Å². The van der Waals surface area contributed by atoms with E-state index in [4.69, 9.17) is 4.74 Å². The lowest BCUT2D eigenvalue weighted by molar-refractivity contribution is -0.150. The Morgan fingerprint density at radius 2 is 1.88 bits per heavy atom. The highest BCUT2D eigenvalue weighted by molar-refractivity contribution is 5.82. The Morgan fingerprint density at radius 3 is 2.38 bits per heavy atom. The summed E-state index contributed by atoms with van der Waals surface area (Å²) in [6.07, 6.45) is 1.61. The van der Waals surface area contributed by atoms with Gasteiger partial charge in [0.1, 0.15) is 0 Å². The first kappa shape index (κ1) is 12.8. The maximum Gasteiger partial charge on any atom is 0.316 e. The second-order valence-corrected chi connectivity index (χ2v) is 4.19. The van der Waals surface area contributed by atoms with Gasteiger partial charge >= 0.3 is 5.97 Å². The largest absolute Gasteiger partial charge is 0.465 e. The van der Waals surface area contributed by atoms with Gasteiger partial charge < -0.3 is 4.74 Å². The van der Waals surface area contributed by atoms with Gasteiger partial charge in [-0.1, -0.05) is 44.2 Å². The minimum Gasteiger partial charge on any atom is -0.465 e. The van der Waals surface area contributed by atoms with Crippen molar-refractivity contribution in [3.05, 3.63) is 35.9 Å². The zero-order chi connectivity index (χ0) is 12.0. The van der Waals surface area contributed by atoms with Gasteiger partial charge in [0.2, 0.25) is 0 Å². The molecule has 2 nitrogen and oxygen atoms in total. The molecule has 1 atom stereocenters. The molecular weight excluding hydrogens is 200 g/mol. The van der Waals surface area contributed by atoms with Crippen molar-refractivity contribution in [2.75, 3.05) is 6.61 Å². The summed E-state index contributed by atoms with van der Waals surface area (Å²) in [6, 6.07) is 9.83. The molecule has 0 aromatic heterocycles. The van der Waals surface area contributed by atoms with E-state index in [1.165, 1.54) is 0 Å². The summed E-state index contributed by atoms with van der Waals surface area (Å²) in [7, 11) is 0. The maximum absolute atomic E-state index is 12.0. The number of benzene rings is 1. The summed E-state index contributed by atoms with van der Waals surface area (Å²) < 4.78 is 5.26. The average molecular weight is 220 g/mol. The molecule has 88 valence electrons. The SMILES string of the molecule is CCCOC(=O)C(C)(CC)c1ccccc1. The van der Waals surface area contributed by atoms with E-state index in [-0.39, 0.29) is 5.97 Å². The fraction of sp³-hybridized carbons (Fsp3) is 0.500. The number of esters is 1. The van der Waals surface area contributed by atoms with E-state index < -0.39 is 5.41 Å². The van der Waals surface area contributed by atoms with Crippen LogP contribution in [0.1, 0.15) is 39.2 Å². The minimum absolute atomic E-state index is 0.122. The second kappa shape index (κ2) is 5.69. The highest BCUT2D eigenvalue weighted by Crippen LogP contribution is 2.28. The van der Waals surface area contributed by atoms with Gasteiger partial charge in [0.15, 0.2) is 0 Å². The summed E-state index contributed by atoms with van der Waals surface area (Å²) in [5.41, 5.74) is 0.509. The van der Waals surface area contributed by atoms with Crippen LogP contribution in [-0.2, 0) is 14.9 Å². The number of rotatable bonds is 5. The van der Waals surface area contributed by atoms with Gasteiger partial charge in [0.05, 0.1) is 12.0 Å². The topological polar surface area (TPSA) is 26.3 Å². The lowest BCUT2D eigenvalue weighted by Crippen LogP contribution is -2.33. The third-order valence-corrected chi connectivity index (χ3v) is 3.01. The van der Waals surface area contributed by atoms with E-state index in [0.717, 1.165) is 18.4 Å². The average Bonchev–Trinajstić information content (AvgIpc) is 2.35. The highest BCUT2D eigenvalue weighted by Gasteiger charge is 2.34. The van der Waals surface area contributed by atoms with Crippen molar-refractivity contribution >= 4 is 5.97 Å². The Bertz CT molecular complexity index is 332. The third kappa shape index (κ3) is 2.63. The van der Waals surface area contributed by atoms with Crippen molar-refractivity contribution in [1.29, 1.82) is 0 Å². The van der Waals surface area contributed by atoms with Gasteiger partial charge in [0, 0.05) is 0 Å². The van der Waals surface area contributed by atoms with Gasteiger partial charge in [-0.15, -0.1) is 0 Å². The van der Waals surface area contributed by atoms with Crippen LogP contribution in [0.4, 0.5) is 0 Å². The predicted octanol–water partition coefficient (Wildman–Crippen LogP) is 3.31. The number of hydrogen-bond acceptors (Lipinski definition) is 2. The molecule has 16 heavy (non-hydrogen) atoms. The first-order chi connectivity index (χ1) is 7.65. The fourth-order valence-corrected chi connectivity index (χ4v) is 1.63. The second-order valence-electron chi connectivity index (χ2n) is 4.19. The van der Waals surface area contributed by atoms with Gasteiger partial charge in [0.25, 0.3) is 0 Å². The monoisotopic (exact) mass is 220 g/mol. The Kier molecular flexibility index (Phi) is 4.53.